The normalized spacial score (nSPS) is 15.8. The van der Waals surface area contributed by atoms with Gasteiger partial charge in [-0.05, 0) is 44.1 Å². The molecule has 0 radical (unpaired) electrons. The number of halogens is 2. The van der Waals surface area contributed by atoms with Gasteiger partial charge in [-0.25, -0.2) is 4.98 Å². The van der Waals surface area contributed by atoms with Crippen LogP contribution in [0.1, 0.15) is 29.8 Å². The lowest BCUT2D eigenvalue weighted by Gasteiger charge is -2.20. The van der Waals surface area contributed by atoms with Crippen LogP contribution in [0.15, 0.2) is 30.6 Å². The quantitative estimate of drug-likeness (QED) is 0.402. The predicted molar refractivity (Wildman–Crippen MR) is 132 cm³/mol. The molecular formula is C24H23Cl2N7O2. The Bertz CT molecular complexity index is 1370. The molecule has 4 aromatic rings. The summed E-state index contributed by atoms with van der Waals surface area (Å²) in [6.07, 6.45) is 5.43. The maximum atomic E-state index is 12.7. The van der Waals surface area contributed by atoms with Crippen molar-refractivity contribution in [2.75, 3.05) is 19.6 Å². The average molecular weight is 512 g/mol. The third-order valence-corrected chi connectivity index (χ3v) is 7.21. The molecule has 0 unspecified atom stereocenters. The zero-order valence-electron chi connectivity index (χ0n) is 18.9. The number of nitrogens with zero attached hydrogens (tertiary/aromatic N) is 5. The molecule has 6 rings (SSSR count). The molecule has 3 aromatic heterocycles. The molecule has 1 fully saturated rings. The Balaban J connectivity index is 1.18. The Morgan fingerprint density at radius 1 is 1.11 bits per heavy atom. The van der Waals surface area contributed by atoms with E-state index >= 15 is 0 Å². The van der Waals surface area contributed by atoms with Crippen LogP contribution in [-0.4, -0.2) is 60.5 Å². The maximum Gasteiger partial charge on any atom is 0.237 e. The fraction of sp³-hybridized carbons (Fsp3) is 0.333. The second-order valence-electron chi connectivity index (χ2n) is 8.89. The first kappa shape index (κ1) is 22.3. The van der Waals surface area contributed by atoms with Crippen LogP contribution in [0, 0.1) is 0 Å². The number of benzene rings is 1. The van der Waals surface area contributed by atoms with E-state index in [1.165, 1.54) is 12.8 Å². The Morgan fingerprint density at radius 2 is 1.91 bits per heavy atom. The number of rotatable bonds is 6. The van der Waals surface area contributed by atoms with Crippen LogP contribution >= 0.6 is 23.2 Å². The Labute approximate surface area is 211 Å². The monoisotopic (exact) mass is 511 g/mol. The molecule has 11 heteroatoms. The maximum absolute atomic E-state index is 12.7. The molecule has 2 aliphatic heterocycles. The number of amides is 1. The van der Waals surface area contributed by atoms with Gasteiger partial charge in [0.2, 0.25) is 5.91 Å². The molecule has 1 saturated heterocycles. The van der Waals surface area contributed by atoms with Crippen LogP contribution in [0.3, 0.4) is 0 Å². The average Bonchev–Trinajstić information content (AvgIpc) is 3.62. The third-order valence-electron chi connectivity index (χ3n) is 6.56. The number of pyridine rings is 1. The van der Waals surface area contributed by atoms with Crippen LogP contribution in [0.2, 0.25) is 10.0 Å². The Kier molecular flexibility index (Phi) is 5.83. The number of imidazole rings is 1. The van der Waals surface area contributed by atoms with E-state index < -0.39 is 0 Å². The first-order valence-electron chi connectivity index (χ1n) is 11.5. The minimum Gasteiger partial charge on any atom is -0.489 e. The summed E-state index contributed by atoms with van der Waals surface area (Å²) in [6, 6.07) is 5.68. The van der Waals surface area contributed by atoms with Gasteiger partial charge in [-0.1, -0.05) is 23.2 Å². The molecule has 1 aromatic carbocycles. The van der Waals surface area contributed by atoms with Crippen molar-refractivity contribution in [3.63, 3.8) is 0 Å². The second-order valence-corrected chi connectivity index (χ2v) is 9.71. The summed E-state index contributed by atoms with van der Waals surface area (Å²) in [6.45, 7) is 3.78. The van der Waals surface area contributed by atoms with Gasteiger partial charge < -0.3 is 14.6 Å². The molecule has 0 spiro atoms. The van der Waals surface area contributed by atoms with E-state index in [-0.39, 0.29) is 12.5 Å². The van der Waals surface area contributed by atoms with Gasteiger partial charge in [-0.2, -0.15) is 5.10 Å². The summed E-state index contributed by atoms with van der Waals surface area (Å²) in [4.78, 5) is 28.9. The summed E-state index contributed by atoms with van der Waals surface area (Å²) in [7, 11) is 0. The number of carbonyl (C=O) groups excluding carboxylic acids is 1. The van der Waals surface area contributed by atoms with Gasteiger partial charge in [0, 0.05) is 23.3 Å². The smallest absolute Gasteiger partial charge is 0.237 e. The number of hydrogen-bond donors (Lipinski definition) is 2. The van der Waals surface area contributed by atoms with Crippen molar-refractivity contribution in [1.82, 2.24) is 34.9 Å². The zero-order chi connectivity index (χ0) is 23.9. The van der Waals surface area contributed by atoms with E-state index in [4.69, 9.17) is 32.9 Å². The molecule has 180 valence electrons. The highest BCUT2D eigenvalue weighted by molar-refractivity contribution is 6.35. The molecule has 5 heterocycles. The van der Waals surface area contributed by atoms with Crippen LogP contribution < -0.4 is 4.74 Å². The highest BCUT2D eigenvalue weighted by Crippen LogP contribution is 2.32. The molecule has 2 N–H and O–H groups in total. The zero-order valence-corrected chi connectivity index (χ0v) is 20.4. The van der Waals surface area contributed by atoms with E-state index in [1.807, 2.05) is 23.1 Å². The largest absolute Gasteiger partial charge is 0.489 e. The Morgan fingerprint density at radius 3 is 2.69 bits per heavy atom. The molecule has 1 amide bonds. The van der Waals surface area contributed by atoms with Gasteiger partial charge in [0.15, 0.2) is 5.82 Å². The van der Waals surface area contributed by atoms with Crippen LogP contribution in [0.5, 0.6) is 5.75 Å². The number of ether oxygens (including phenoxy) is 1. The highest BCUT2D eigenvalue weighted by Gasteiger charge is 2.29. The number of carbonyl (C=O) groups is 1. The third kappa shape index (κ3) is 4.35. The minimum atomic E-state index is 0.154. The second kappa shape index (κ2) is 9.14. The van der Waals surface area contributed by atoms with Gasteiger partial charge in [0.1, 0.15) is 18.1 Å². The standard InChI is InChI=1S/C24H23Cl2N7O2/c25-17-8-27-9-18(26)16(17)13-35-14-3-4-19-15(7-14)23(31-30-19)24-28-20-10-33(11-21(20)29-24)22(34)12-32-5-1-2-6-32/h3-4,7-9H,1-2,5-6,10-13H2,(H,28,29)(H,30,31). The SMILES string of the molecule is O=C(CN1CCCC1)N1Cc2nc(-c3n[nH]c4ccc(OCc5c(Cl)cncc5Cl)cc34)[nH]c2C1. The van der Waals surface area contributed by atoms with Gasteiger partial charge in [0.25, 0.3) is 0 Å². The van der Waals surface area contributed by atoms with Gasteiger partial charge in [-0.15, -0.1) is 0 Å². The summed E-state index contributed by atoms with van der Waals surface area (Å²) >= 11 is 12.4. The molecule has 0 bridgehead atoms. The van der Waals surface area contributed by atoms with E-state index in [9.17, 15) is 4.79 Å². The number of aromatic nitrogens is 5. The van der Waals surface area contributed by atoms with Crippen molar-refractivity contribution in [3.8, 4) is 17.3 Å². The number of hydrogen-bond acceptors (Lipinski definition) is 6. The van der Waals surface area contributed by atoms with Crippen molar-refractivity contribution < 1.29 is 9.53 Å². The predicted octanol–water partition coefficient (Wildman–Crippen LogP) is 4.17. The van der Waals surface area contributed by atoms with Crippen molar-refractivity contribution in [3.05, 3.63) is 57.6 Å². The Hall–Kier alpha value is -3.14. The van der Waals surface area contributed by atoms with Gasteiger partial charge in [0.05, 0.1) is 46.6 Å². The first-order valence-corrected chi connectivity index (χ1v) is 12.3. The van der Waals surface area contributed by atoms with Gasteiger partial charge in [-0.3, -0.25) is 19.8 Å². The first-order chi connectivity index (χ1) is 17.0. The summed E-state index contributed by atoms with van der Waals surface area (Å²) in [5.41, 5.74) is 4.10. The lowest BCUT2D eigenvalue weighted by Crippen LogP contribution is -2.36. The van der Waals surface area contributed by atoms with Crippen LogP contribution in [0.4, 0.5) is 0 Å². The number of aromatic amines is 2. The fourth-order valence-corrected chi connectivity index (χ4v) is 5.12. The lowest BCUT2D eigenvalue weighted by molar-refractivity contribution is -0.132. The number of H-pyrrole nitrogens is 2. The number of likely N-dealkylation sites (tertiary alicyclic amines) is 1. The minimum absolute atomic E-state index is 0.154. The summed E-state index contributed by atoms with van der Waals surface area (Å²) in [5.74, 6) is 1.48. The number of nitrogens with one attached hydrogen (secondary N) is 2. The van der Waals surface area contributed by atoms with Gasteiger partial charge >= 0.3 is 0 Å². The molecule has 35 heavy (non-hydrogen) atoms. The van der Waals surface area contributed by atoms with Crippen LogP contribution in [-0.2, 0) is 24.5 Å². The molecule has 0 aliphatic carbocycles. The van der Waals surface area contributed by atoms with Crippen molar-refractivity contribution >= 4 is 40.0 Å². The molecule has 0 atom stereocenters. The summed E-state index contributed by atoms with van der Waals surface area (Å²) in [5, 5.41) is 9.32. The molecule has 0 saturated carbocycles. The van der Waals surface area contributed by atoms with E-state index in [1.54, 1.807) is 12.4 Å². The van der Waals surface area contributed by atoms with Crippen molar-refractivity contribution in [2.45, 2.75) is 32.5 Å². The number of fused-ring (bicyclic) bond motifs is 2. The summed E-state index contributed by atoms with van der Waals surface area (Å²) < 4.78 is 5.96. The topological polar surface area (TPSA) is 103 Å². The van der Waals surface area contributed by atoms with Crippen LogP contribution in [0.25, 0.3) is 22.4 Å². The molecular weight excluding hydrogens is 489 g/mol. The lowest BCUT2D eigenvalue weighted by atomic mass is 10.2. The van der Waals surface area contributed by atoms with Crippen molar-refractivity contribution in [1.29, 1.82) is 0 Å². The molecule has 9 nitrogen and oxygen atoms in total. The van der Waals surface area contributed by atoms with Crippen molar-refractivity contribution in [2.24, 2.45) is 0 Å². The molecule has 2 aliphatic rings. The van der Waals surface area contributed by atoms with E-state index in [0.717, 1.165) is 35.4 Å². The highest BCUT2D eigenvalue weighted by atomic mass is 35.5. The van der Waals surface area contributed by atoms with E-state index in [0.29, 0.717) is 52.5 Å². The fourth-order valence-electron chi connectivity index (χ4n) is 4.65. The van der Waals surface area contributed by atoms with E-state index in [2.05, 4.69) is 25.1 Å².